The molecule has 0 heterocycles. The molecule has 0 amide bonds. The van der Waals surface area contributed by atoms with Crippen LogP contribution in [-0.4, -0.2) is 37.0 Å². The summed E-state index contributed by atoms with van der Waals surface area (Å²) in [5.41, 5.74) is -0.576. The summed E-state index contributed by atoms with van der Waals surface area (Å²) in [5.74, 6) is -0.208. The van der Waals surface area contributed by atoms with Gasteiger partial charge >= 0.3 is 0 Å². The maximum Gasteiger partial charge on any atom is 0.218 e. The third-order valence-corrected chi connectivity index (χ3v) is 4.57. The standard InChI is InChI=1S/C12H17Cl2NO3S/c1-12(2,16)8-15(3)19(17,18)7-9-4-10(13)6-11(14)5-9/h4-6,16H,7-8H2,1-3H3. The molecule has 1 rings (SSSR count). The van der Waals surface area contributed by atoms with E-state index < -0.39 is 15.6 Å². The minimum Gasteiger partial charge on any atom is -0.389 e. The van der Waals surface area contributed by atoms with Crippen molar-refractivity contribution in [1.82, 2.24) is 4.31 Å². The van der Waals surface area contributed by atoms with Crippen molar-refractivity contribution in [3.05, 3.63) is 33.8 Å². The van der Waals surface area contributed by atoms with Gasteiger partial charge < -0.3 is 5.11 Å². The Morgan fingerprint density at radius 2 is 1.68 bits per heavy atom. The lowest BCUT2D eigenvalue weighted by molar-refractivity contribution is 0.0639. The van der Waals surface area contributed by atoms with Gasteiger partial charge in [-0.2, -0.15) is 0 Å². The first kappa shape index (κ1) is 16.7. The molecule has 0 unspecified atom stereocenters. The van der Waals surface area contributed by atoms with Gasteiger partial charge in [0.25, 0.3) is 0 Å². The van der Waals surface area contributed by atoms with E-state index in [1.54, 1.807) is 32.0 Å². The minimum atomic E-state index is -3.52. The Bertz CT molecular complexity index is 532. The molecule has 0 aromatic heterocycles. The smallest absolute Gasteiger partial charge is 0.218 e. The summed E-state index contributed by atoms with van der Waals surface area (Å²) in [4.78, 5) is 0. The molecule has 0 spiro atoms. The van der Waals surface area contributed by atoms with Crippen molar-refractivity contribution in [3.63, 3.8) is 0 Å². The first-order valence-electron chi connectivity index (χ1n) is 5.61. The molecule has 7 heteroatoms. The van der Waals surface area contributed by atoms with Crippen molar-refractivity contribution >= 4 is 33.2 Å². The van der Waals surface area contributed by atoms with Gasteiger partial charge in [-0.25, -0.2) is 12.7 Å². The summed E-state index contributed by atoms with van der Waals surface area (Å²) in [7, 11) is -2.09. The molecule has 0 aliphatic rings. The molecule has 0 aliphatic heterocycles. The highest BCUT2D eigenvalue weighted by molar-refractivity contribution is 7.88. The fourth-order valence-electron chi connectivity index (χ4n) is 1.66. The Kier molecular flexibility index (Phi) is 5.26. The van der Waals surface area contributed by atoms with Gasteiger partial charge in [0.05, 0.1) is 11.4 Å². The van der Waals surface area contributed by atoms with E-state index in [-0.39, 0.29) is 12.3 Å². The SMILES string of the molecule is CN(CC(C)(C)O)S(=O)(=O)Cc1cc(Cl)cc(Cl)c1. The van der Waals surface area contributed by atoms with E-state index in [1.807, 2.05) is 0 Å². The van der Waals surface area contributed by atoms with Crippen LogP contribution in [0.4, 0.5) is 0 Å². The zero-order valence-corrected chi connectivity index (χ0v) is 13.3. The molecule has 0 radical (unpaired) electrons. The van der Waals surface area contributed by atoms with Crippen LogP contribution in [0.25, 0.3) is 0 Å². The summed E-state index contributed by atoms with van der Waals surface area (Å²) in [6.45, 7) is 3.12. The largest absolute Gasteiger partial charge is 0.389 e. The normalized spacial score (nSPS) is 13.0. The maximum absolute atomic E-state index is 12.1. The summed E-state index contributed by atoms with van der Waals surface area (Å²) < 4.78 is 25.4. The van der Waals surface area contributed by atoms with Gasteiger partial charge in [0.2, 0.25) is 10.0 Å². The summed E-state index contributed by atoms with van der Waals surface area (Å²) >= 11 is 11.7. The molecule has 0 bridgehead atoms. The van der Waals surface area contributed by atoms with Gasteiger partial charge in [-0.1, -0.05) is 23.2 Å². The van der Waals surface area contributed by atoms with Crippen LogP contribution in [0.15, 0.2) is 18.2 Å². The van der Waals surface area contributed by atoms with Gasteiger partial charge in [0.15, 0.2) is 0 Å². The van der Waals surface area contributed by atoms with Crippen LogP contribution >= 0.6 is 23.2 Å². The van der Waals surface area contributed by atoms with E-state index in [4.69, 9.17) is 23.2 Å². The van der Waals surface area contributed by atoms with Gasteiger partial charge in [0.1, 0.15) is 0 Å². The zero-order chi connectivity index (χ0) is 14.8. The highest BCUT2D eigenvalue weighted by atomic mass is 35.5. The van der Waals surface area contributed by atoms with Crippen LogP contribution in [0.3, 0.4) is 0 Å². The number of benzene rings is 1. The van der Waals surface area contributed by atoms with Gasteiger partial charge in [-0.3, -0.25) is 0 Å². The van der Waals surface area contributed by atoms with Gasteiger partial charge in [0, 0.05) is 23.6 Å². The van der Waals surface area contributed by atoms with Crippen molar-refractivity contribution in [2.45, 2.75) is 25.2 Å². The highest BCUT2D eigenvalue weighted by Gasteiger charge is 2.25. The Morgan fingerprint density at radius 3 is 2.11 bits per heavy atom. The average molecular weight is 326 g/mol. The second-order valence-corrected chi connectivity index (χ2v) is 8.05. The predicted octanol–water partition coefficient (Wildman–Crippen LogP) is 2.53. The average Bonchev–Trinajstić information content (AvgIpc) is 2.11. The molecule has 4 nitrogen and oxygen atoms in total. The van der Waals surface area contributed by atoms with Crippen molar-refractivity contribution < 1.29 is 13.5 Å². The van der Waals surface area contributed by atoms with Crippen LogP contribution in [0, 0.1) is 0 Å². The molecule has 1 aromatic rings. The van der Waals surface area contributed by atoms with E-state index in [9.17, 15) is 13.5 Å². The molecule has 108 valence electrons. The van der Waals surface area contributed by atoms with E-state index in [0.29, 0.717) is 15.6 Å². The zero-order valence-electron chi connectivity index (χ0n) is 11.0. The van der Waals surface area contributed by atoms with Crippen molar-refractivity contribution in [1.29, 1.82) is 0 Å². The number of hydrogen-bond acceptors (Lipinski definition) is 3. The Labute approximate surface area is 124 Å². The summed E-state index contributed by atoms with van der Waals surface area (Å²) in [6.07, 6.45) is 0. The van der Waals surface area contributed by atoms with E-state index in [2.05, 4.69) is 0 Å². The van der Waals surface area contributed by atoms with E-state index in [1.165, 1.54) is 7.05 Å². The Morgan fingerprint density at radius 1 is 1.21 bits per heavy atom. The van der Waals surface area contributed by atoms with Crippen LogP contribution < -0.4 is 0 Å². The number of likely N-dealkylation sites (N-methyl/N-ethyl adjacent to an activating group) is 1. The third-order valence-electron chi connectivity index (χ3n) is 2.36. The number of sulfonamides is 1. The number of hydrogen-bond donors (Lipinski definition) is 1. The quantitative estimate of drug-likeness (QED) is 0.905. The molecule has 1 aromatic carbocycles. The predicted molar refractivity (Wildman–Crippen MR) is 78.0 cm³/mol. The molecule has 0 aliphatic carbocycles. The number of aliphatic hydroxyl groups is 1. The van der Waals surface area contributed by atoms with Gasteiger partial charge in [-0.05, 0) is 37.6 Å². The first-order chi connectivity index (χ1) is 8.49. The Hall–Kier alpha value is -0.330. The molecule has 0 saturated carbocycles. The molecular weight excluding hydrogens is 309 g/mol. The molecule has 0 fully saturated rings. The number of nitrogens with zero attached hydrogens (tertiary/aromatic N) is 1. The van der Waals surface area contributed by atoms with Crippen molar-refractivity contribution in [2.24, 2.45) is 0 Å². The van der Waals surface area contributed by atoms with Crippen molar-refractivity contribution in [3.8, 4) is 0 Å². The number of halogens is 2. The molecule has 1 N–H and O–H groups in total. The van der Waals surface area contributed by atoms with Crippen molar-refractivity contribution in [2.75, 3.05) is 13.6 Å². The Balaban J connectivity index is 2.90. The number of rotatable bonds is 5. The second kappa shape index (κ2) is 5.97. The molecule has 0 atom stereocenters. The third kappa shape index (κ3) is 5.67. The van der Waals surface area contributed by atoms with E-state index >= 15 is 0 Å². The lowest BCUT2D eigenvalue weighted by Crippen LogP contribution is -2.40. The fraction of sp³-hybridized carbons (Fsp3) is 0.500. The second-order valence-electron chi connectivity index (χ2n) is 5.10. The first-order valence-corrected chi connectivity index (χ1v) is 7.97. The lowest BCUT2D eigenvalue weighted by Gasteiger charge is -2.25. The fourth-order valence-corrected chi connectivity index (χ4v) is 3.55. The summed E-state index contributed by atoms with van der Waals surface area (Å²) in [6, 6.07) is 4.66. The summed E-state index contributed by atoms with van der Waals surface area (Å²) in [5, 5.41) is 10.4. The minimum absolute atomic E-state index is 0.0175. The molecule has 0 saturated heterocycles. The maximum atomic E-state index is 12.1. The molecular formula is C12H17Cl2NO3S. The topological polar surface area (TPSA) is 57.6 Å². The lowest BCUT2D eigenvalue weighted by atomic mass is 10.1. The van der Waals surface area contributed by atoms with Gasteiger partial charge in [-0.15, -0.1) is 0 Å². The van der Waals surface area contributed by atoms with E-state index in [0.717, 1.165) is 4.31 Å². The van der Waals surface area contributed by atoms with Crippen LogP contribution in [-0.2, 0) is 15.8 Å². The van der Waals surface area contributed by atoms with Crippen LogP contribution in [0.2, 0.25) is 10.0 Å². The monoisotopic (exact) mass is 325 g/mol. The highest BCUT2D eigenvalue weighted by Crippen LogP contribution is 2.21. The molecule has 19 heavy (non-hydrogen) atoms. The van der Waals surface area contributed by atoms with Crippen LogP contribution in [0.5, 0.6) is 0 Å². The van der Waals surface area contributed by atoms with Crippen LogP contribution in [0.1, 0.15) is 19.4 Å².